The molecule has 0 unspecified atom stereocenters. The van der Waals surface area contributed by atoms with E-state index in [9.17, 15) is 0 Å². The van der Waals surface area contributed by atoms with Crippen LogP contribution in [0.5, 0.6) is 5.75 Å². The van der Waals surface area contributed by atoms with Crippen LogP contribution in [-0.2, 0) is 19.6 Å². The van der Waals surface area contributed by atoms with Crippen LogP contribution < -0.4 is 15.4 Å². The average Bonchev–Trinajstić information content (AvgIpc) is 3.07. The molecule has 0 aliphatic heterocycles. The lowest BCUT2D eigenvalue weighted by Gasteiger charge is -2.16. The zero-order valence-electron chi connectivity index (χ0n) is 17.7. The van der Waals surface area contributed by atoms with E-state index in [4.69, 9.17) is 4.74 Å². The van der Waals surface area contributed by atoms with Gasteiger partial charge in [-0.1, -0.05) is 32.9 Å². The fraction of sp³-hybridized carbons (Fsp3) is 0.524. The molecule has 0 fully saturated rings. The summed E-state index contributed by atoms with van der Waals surface area (Å²) < 4.78 is 8.07. The van der Waals surface area contributed by atoms with Crippen LogP contribution in [0.3, 0.4) is 0 Å². The van der Waals surface area contributed by atoms with Crippen LogP contribution in [0.25, 0.3) is 0 Å². The Labute approximate surface area is 186 Å². The van der Waals surface area contributed by atoms with E-state index in [0.717, 1.165) is 42.7 Å². The summed E-state index contributed by atoms with van der Waals surface area (Å²) in [7, 11) is 1.78. The van der Waals surface area contributed by atoms with Crippen LogP contribution in [0.15, 0.2) is 35.6 Å². The Morgan fingerprint density at radius 2 is 2.00 bits per heavy atom. The minimum Gasteiger partial charge on any atom is -0.493 e. The Kier molecular flexibility index (Phi) is 11.0. The lowest BCUT2D eigenvalue weighted by molar-refractivity contribution is 0.313. The Hall–Kier alpha value is -1.77. The van der Waals surface area contributed by atoms with Crippen LogP contribution >= 0.6 is 24.0 Å². The molecule has 1 aromatic carbocycles. The largest absolute Gasteiger partial charge is 0.493 e. The highest BCUT2D eigenvalue weighted by Gasteiger charge is 2.08. The second kappa shape index (κ2) is 12.6. The molecule has 0 saturated heterocycles. The van der Waals surface area contributed by atoms with Gasteiger partial charge in [0.25, 0.3) is 0 Å². The molecule has 6 nitrogen and oxygen atoms in total. The first-order valence-corrected chi connectivity index (χ1v) is 9.70. The Balaban J connectivity index is 0.00000392. The molecule has 28 heavy (non-hydrogen) atoms. The number of halogens is 1. The summed E-state index contributed by atoms with van der Waals surface area (Å²) >= 11 is 0. The fourth-order valence-corrected chi connectivity index (χ4v) is 2.78. The van der Waals surface area contributed by atoms with Crippen molar-refractivity contribution in [3.05, 3.63) is 47.5 Å². The van der Waals surface area contributed by atoms with Gasteiger partial charge in [0.2, 0.25) is 0 Å². The molecule has 0 radical (unpaired) electrons. The summed E-state index contributed by atoms with van der Waals surface area (Å²) in [5.41, 5.74) is 2.32. The molecule has 156 valence electrons. The van der Waals surface area contributed by atoms with Crippen molar-refractivity contribution in [1.29, 1.82) is 0 Å². The van der Waals surface area contributed by atoms with E-state index >= 15 is 0 Å². The van der Waals surface area contributed by atoms with Crippen molar-refractivity contribution in [2.24, 2.45) is 10.9 Å². The molecule has 0 atom stereocenters. The first-order chi connectivity index (χ1) is 13.0. The summed E-state index contributed by atoms with van der Waals surface area (Å²) in [6.45, 7) is 11.6. The molecule has 0 aliphatic rings. The van der Waals surface area contributed by atoms with Gasteiger partial charge in [0.05, 0.1) is 13.2 Å². The Bertz CT molecular complexity index is 742. The van der Waals surface area contributed by atoms with Crippen molar-refractivity contribution >= 4 is 29.9 Å². The molecule has 0 saturated carbocycles. The minimum absolute atomic E-state index is 0. The molecule has 2 rings (SSSR count). The predicted octanol–water partition coefficient (Wildman–Crippen LogP) is 4.12. The number of guanidine groups is 1. The molecule has 2 aromatic rings. The van der Waals surface area contributed by atoms with Crippen LogP contribution in [0.1, 0.15) is 44.1 Å². The molecule has 2 N–H and O–H groups in total. The normalized spacial score (nSPS) is 11.3. The van der Waals surface area contributed by atoms with E-state index < -0.39 is 0 Å². The number of hydrogen-bond acceptors (Lipinski definition) is 3. The van der Waals surface area contributed by atoms with Gasteiger partial charge in [-0.25, -0.2) is 4.98 Å². The summed E-state index contributed by atoms with van der Waals surface area (Å²) in [6.07, 6.45) is 4.86. The van der Waals surface area contributed by atoms with Gasteiger partial charge in [-0.2, -0.15) is 0 Å². The third-order valence-corrected chi connectivity index (χ3v) is 4.13. The van der Waals surface area contributed by atoms with E-state index in [1.54, 1.807) is 7.05 Å². The highest BCUT2D eigenvalue weighted by atomic mass is 127. The van der Waals surface area contributed by atoms with Crippen molar-refractivity contribution < 1.29 is 4.74 Å². The maximum absolute atomic E-state index is 5.89. The maximum Gasteiger partial charge on any atom is 0.191 e. The number of rotatable bonds is 9. The van der Waals surface area contributed by atoms with Gasteiger partial charge in [0, 0.05) is 38.1 Å². The fourth-order valence-electron chi connectivity index (χ4n) is 2.78. The molecule has 0 bridgehead atoms. The number of nitrogens with zero attached hydrogens (tertiary/aromatic N) is 3. The molecule has 0 spiro atoms. The van der Waals surface area contributed by atoms with Crippen molar-refractivity contribution in [3.8, 4) is 5.75 Å². The first kappa shape index (κ1) is 24.3. The number of aliphatic imine (C=N–C) groups is 1. The zero-order valence-corrected chi connectivity index (χ0v) is 20.0. The molecule has 1 heterocycles. The van der Waals surface area contributed by atoms with Gasteiger partial charge >= 0.3 is 0 Å². The predicted molar refractivity (Wildman–Crippen MR) is 126 cm³/mol. The number of aryl methyl sites for hydroxylation is 1. The van der Waals surface area contributed by atoms with Crippen molar-refractivity contribution in [3.63, 3.8) is 0 Å². The zero-order chi connectivity index (χ0) is 19.6. The summed E-state index contributed by atoms with van der Waals surface area (Å²) in [5, 5.41) is 6.71. The third-order valence-electron chi connectivity index (χ3n) is 4.13. The van der Waals surface area contributed by atoms with Gasteiger partial charge in [0.1, 0.15) is 11.6 Å². The van der Waals surface area contributed by atoms with Gasteiger partial charge in [-0.05, 0) is 30.9 Å². The van der Waals surface area contributed by atoms with Gasteiger partial charge in [-0.3, -0.25) is 4.99 Å². The van der Waals surface area contributed by atoms with Crippen molar-refractivity contribution in [1.82, 2.24) is 20.2 Å². The first-order valence-electron chi connectivity index (χ1n) is 9.70. The number of imidazole rings is 1. The van der Waals surface area contributed by atoms with Crippen molar-refractivity contribution in [2.45, 2.75) is 53.8 Å². The lowest BCUT2D eigenvalue weighted by Crippen LogP contribution is -2.37. The average molecular weight is 499 g/mol. The Morgan fingerprint density at radius 1 is 1.25 bits per heavy atom. The summed E-state index contributed by atoms with van der Waals surface area (Å²) in [5.74, 6) is 3.27. The molecular weight excluding hydrogens is 465 g/mol. The number of hydrogen-bond donors (Lipinski definition) is 2. The van der Waals surface area contributed by atoms with Gasteiger partial charge < -0.3 is 19.9 Å². The van der Waals surface area contributed by atoms with Crippen LogP contribution in [-0.4, -0.2) is 29.2 Å². The highest BCUT2D eigenvalue weighted by molar-refractivity contribution is 14.0. The van der Waals surface area contributed by atoms with E-state index in [1.807, 2.05) is 12.4 Å². The number of nitrogens with one attached hydrogen (secondary N) is 2. The minimum atomic E-state index is 0. The smallest absolute Gasteiger partial charge is 0.191 e. The monoisotopic (exact) mass is 499 g/mol. The van der Waals surface area contributed by atoms with E-state index in [2.05, 4.69) is 71.1 Å². The molecular formula is C21H34IN5O. The van der Waals surface area contributed by atoms with Crippen LogP contribution in [0.4, 0.5) is 0 Å². The van der Waals surface area contributed by atoms with Gasteiger partial charge in [0.15, 0.2) is 5.96 Å². The van der Waals surface area contributed by atoms with Crippen LogP contribution in [0.2, 0.25) is 0 Å². The summed E-state index contributed by atoms with van der Waals surface area (Å²) in [6, 6.07) is 6.30. The van der Waals surface area contributed by atoms with Gasteiger partial charge in [-0.15, -0.1) is 24.0 Å². The van der Waals surface area contributed by atoms with Crippen LogP contribution in [0, 0.1) is 12.8 Å². The SMILES string of the molecule is CCCOc1cc(C)ccc1CNC(=NC)NCc1nccn1CC(C)C.I. The highest BCUT2D eigenvalue weighted by Crippen LogP contribution is 2.20. The molecule has 1 aromatic heterocycles. The van der Waals surface area contributed by atoms with E-state index in [0.29, 0.717) is 19.0 Å². The number of benzene rings is 1. The van der Waals surface area contributed by atoms with Crippen molar-refractivity contribution in [2.75, 3.05) is 13.7 Å². The number of aromatic nitrogens is 2. The standard InChI is InChI=1S/C21H33N5O.HI/c1-6-11-27-19-12-17(4)7-8-18(19)13-24-21(22-5)25-14-20-23-9-10-26(20)15-16(2)3;/h7-10,12,16H,6,11,13-15H2,1-5H3,(H2,22,24,25);1H. The second-order valence-electron chi connectivity index (χ2n) is 7.13. The molecule has 0 aliphatic carbocycles. The third kappa shape index (κ3) is 7.69. The summed E-state index contributed by atoms with van der Waals surface area (Å²) in [4.78, 5) is 8.77. The van der Waals surface area contributed by atoms with E-state index in [-0.39, 0.29) is 24.0 Å². The van der Waals surface area contributed by atoms with E-state index in [1.165, 1.54) is 5.56 Å². The second-order valence-corrected chi connectivity index (χ2v) is 7.13. The topological polar surface area (TPSA) is 63.5 Å². The number of ether oxygens (including phenoxy) is 1. The Morgan fingerprint density at radius 3 is 2.68 bits per heavy atom. The molecule has 7 heteroatoms. The quantitative estimate of drug-likeness (QED) is 0.310. The maximum atomic E-state index is 5.89. The lowest BCUT2D eigenvalue weighted by atomic mass is 10.1. The molecule has 0 amide bonds.